The van der Waals surface area contributed by atoms with Crippen LogP contribution in [0.15, 0.2) is 41.6 Å². The van der Waals surface area contributed by atoms with Gasteiger partial charge in [-0.25, -0.2) is 0 Å². The highest BCUT2D eigenvalue weighted by molar-refractivity contribution is 6.30. The summed E-state index contributed by atoms with van der Waals surface area (Å²) in [7, 11) is 0. The van der Waals surface area contributed by atoms with Gasteiger partial charge in [0.15, 0.2) is 0 Å². The van der Waals surface area contributed by atoms with Crippen LogP contribution < -0.4 is 0 Å². The lowest BCUT2D eigenvalue weighted by Gasteiger charge is -2.38. The first-order chi connectivity index (χ1) is 19.2. The average Bonchev–Trinajstić information content (AvgIpc) is 3.31. The van der Waals surface area contributed by atoms with E-state index in [1.54, 1.807) is 0 Å². The van der Waals surface area contributed by atoms with Gasteiger partial charge < -0.3 is 19.7 Å². The minimum atomic E-state index is -5.24. The number of benzene rings is 2. The highest BCUT2D eigenvalue weighted by Gasteiger charge is 2.62. The van der Waals surface area contributed by atoms with E-state index in [2.05, 4.69) is 5.16 Å². The molecule has 17 heteroatoms. The van der Waals surface area contributed by atoms with Crippen LogP contribution in [0.25, 0.3) is 0 Å². The normalized spacial score (nSPS) is 21.9. The Morgan fingerprint density at radius 2 is 1.76 bits per heavy atom. The summed E-state index contributed by atoms with van der Waals surface area (Å²) in [4.78, 5) is 31.0. The summed E-state index contributed by atoms with van der Waals surface area (Å²) in [6, 6.07) is 5.04. The van der Waals surface area contributed by atoms with Crippen molar-refractivity contribution < 1.29 is 59.0 Å². The van der Waals surface area contributed by atoms with Crippen LogP contribution in [0.4, 0.5) is 39.5 Å². The zero-order chi connectivity index (χ0) is 31.4. The maximum Gasteiger partial charge on any atom is 0.435 e. The van der Waals surface area contributed by atoms with Crippen molar-refractivity contribution in [3.8, 4) is 0 Å². The Bertz CT molecular complexity index is 1440. The van der Waals surface area contributed by atoms with Crippen LogP contribution in [0, 0.1) is 6.92 Å². The molecule has 1 fully saturated rings. The number of carbonyl (C=O) groups is 2. The molecule has 2 aromatic carbocycles. The van der Waals surface area contributed by atoms with E-state index < -0.39 is 84.4 Å². The number of aryl methyl sites for hydroxylation is 1. The molecule has 7 nitrogen and oxygen atoms in total. The van der Waals surface area contributed by atoms with E-state index in [0.29, 0.717) is 12.1 Å². The van der Waals surface area contributed by atoms with Crippen LogP contribution in [-0.2, 0) is 21.4 Å². The van der Waals surface area contributed by atoms with E-state index >= 15 is 0 Å². The SMILES string of the molecule is Cc1cc(C2=NOC(c3cc(Cl)cc(C(F)(F)F)c3)(C(F)(F)F)C2)ccc1C(=O)N1CC(=O)N(CC(F)(F)F)C(O)C1. The maximum atomic E-state index is 14.3. The summed E-state index contributed by atoms with van der Waals surface area (Å²) < 4.78 is 121. The largest absolute Gasteiger partial charge is 0.435 e. The molecule has 228 valence electrons. The molecule has 2 atom stereocenters. The summed E-state index contributed by atoms with van der Waals surface area (Å²) in [6.07, 6.45) is -18.0. The third-order valence-corrected chi connectivity index (χ3v) is 6.91. The van der Waals surface area contributed by atoms with E-state index in [1.807, 2.05) is 0 Å². The van der Waals surface area contributed by atoms with Gasteiger partial charge in [0.05, 0.1) is 17.8 Å². The molecule has 0 aromatic heterocycles. The minimum absolute atomic E-state index is 0.0272. The molecule has 0 bridgehead atoms. The molecule has 0 aliphatic carbocycles. The molecule has 2 unspecified atom stereocenters. The third-order valence-electron chi connectivity index (χ3n) is 6.69. The number of alkyl halides is 9. The number of hydrogen-bond donors (Lipinski definition) is 1. The van der Waals surface area contributed by atoms with Crippen LogP contribution in [0.2, 0.25) is 5.02 Å². The Balaban J connectivity index is 1.58. The molecule has 0 radical (unpaired) electrons. The van der Waals surface area contributed by atoms with Gasteiger partial charge in [-0.3, -0.25) is 9.59 Å². The van der Waals surface area contributed by atoms with Crippen molar-refractivity contribution in [2.24, 2.45) is 5.16 Å². The smallest absolute Gasteiger partial charge is 0.374 e. The van der Waals surface area contributed by atoms with E-state index in [0.717, 1.165) is 4.90 Å². The number of piperazine rings is 1. The second kappa shape index (κ2) is 10.6. The Hall–Kier alpha value is -3.53. The highest BCUT2D eigenvalue weighted by Crippen LogP contribution is 2.50. The molecule has 0 spiro atoms. The van der Waals surface area contributed by atoms with Gasteiger partial charge in [0.25, 0.3) is 11.5 Å². The second-order valence-corrected chi connectivity index (χ2v) is 10.1. The molecule has 1 saturated heterocycles. The van der Waals surface area contributed by atoms with Crippen molar-refractivity contribution in [1.82, 2.24) is 9.80 Å². The summed E-state index contributed by atoms with van der Waals surface area (Å²) in [5.41, 5.74) is -5.85. The van der Waals surface area contributed by atoms with Gasteiger partial charge in [0, 0.05) is 22.6 Å². The van der Waals surface area contributed by atoms with Crippen LogP contribution in [-0.4, -0.2) is 70.6 Å². The lowest BCUT2D eigenvalue weighted by Crippen LogP contribution is -2.59. The molecule has 2 aliphatic rings. The van der Waals surface area contributed by atoms with E-state index in [9.17, 15) is 54.2 Å². The van der Waals surface area contributed by atoms with Crippen molar-refractivity contribution in [1.29, 1.82) is 0 Å². The fourth-order valence-electron chi connectivity index (χ4n) is 4.62. The number of halogens is 10. The zero-order valence-electron chi connectivity index (χ0n) is 21.2. The number of oxime groups is 1. The maximum absolute atomic E-state index is 14.3. The van der Waals surface area contributed by atoms with Crippen LogP contribution >= 0.6 is 11.6 Å². The van der Waals surface area contributed by atoms with Gasteiger partial charge in [0.2, 0.25) is 5.91 Å². The summed E-state index contributed by atoms with van der Waals surface area (Å²) >= 11 is 5.70. The van der Waals surface area contributed by atoms with Gasteiger partial charge in [-0.1, -0.05) is 22.8 Å². The monoisotopic (exact) mass is 631 g/mol. The predicted molar refractivity (Wildman–Crippen MR) is 127 cm³/mol. The highest BCUT2D eigenvalue weighted by atomic mass is 35.5. The fraction of sp³-hybridized carbons (Fsp3) is 0.400. The molecular weight excluding hydrogens is 613 g/mol. The van der Waals surface area contributed by atoms with E-state index in [4.69, 9.17) is 16.4 Å². The quantitative estimate of drug-likeness (QED) is 0.458. The van der Waals surface area contributed by atoms with Crippen molar-refractivity contribution in [2.75, 3.05) is 19.6 Å². The Labute approximate surface area is 236 Å². The van der Waals surface area contributed by atoms with Crippen molar-refractivity contribution >= 4 is 29.1 Å². The summed E-state index contributed by atoms with van der Waals surface area (Å²) in [5, 5.41) is 12.9. The average molecular weight is 632 g/mol. The molecular formula is C25H19ClF9N3O4. The molecule has 2 aromatic rings. The number of aliphatic hydroxyl groups excluding tert-OH is 1. The first-order valence-electron chi connectivity index (χ1n) is 11.9. The number of aliphatic hydroxyl groups is 1. The topological polar surface area (TPSA) is 82.4 Å². The Kier molecular flexibility index (Phi) is 7.95. The molecule has 0 saturated carbocycles. The number of nitrogens with zero attached hydrogens (tertiary/aromatic N) is 3. The van der Waals surface area contributed by atoms with Gasteiger partial charge in [-0.15, -0.1) is 0 Å². The summed E-state index contributed by atoms with van der Waals surface area (Å²) in [5.74, 6) is -1.99. The summed E-state index contributed by atoms with van der Waals surface area (Å²) in [6.45, 7) is -1.72. The minimum Gasteiger partial charge on any atom is -0.374 e. The number of hydrogen-bond acceptors (Lipinski definition) is 5. The van der Waals surface area contributed by atoms with Crippen molar-refractivity contribution in [2.45, 2.75) is 43.7 Å². The van der Waals surface area contributed by atoms with Gasteiger partial charge in [-0.05, 0) is 48.4 Å². The van der Waals surface area contributed by atoms with Crippen molar-refractivity contribution in [3.05, 3.63) is 69.2 Å². The molecule has 2 amide bonds. The Morgan fingerprint density at radius 3 is 2.31 bits per heavy atom. The first-order valence-corrected chi connectivity index (χ1v) is 12.2. The lowest BCUT2D eigenvalue weighted by atomic mass is 9.85. The van der Waals surface area contributed by atoms with Crippen LogP contribution in [0.3, 0.4) is 0 Å². The number of amides is 2. The number of carbonyl (C=O) groups excluding carboxylic acids is 2. The third kappa shape index (κ3) is 6.14. The standard InChI is InChI=1S/C25H19ClF9N3O4/c1-12-4-13(2-3-17(12)21(41)37-9-19(39)38(20(40)10-37)11-23(27,28)29)18-8-22(42-36-18,25(33,34)35)14-5-15(24(30,31)32)7-16(26)6-14/h2-7,19,39H,8-11H2,1H3. The van der Waals surface area contributed by atoms with Gasteiger partial charge in [-0.2, -0.15) is 39.5 Å². The van der Waals surface area contributed by atoms with Crippen LogP contribution in [0.1, 0.15) is 39.0 Å². The lowest BCUT2D eigenvalue weighted by molar-refractivity contribution is -0.276. The van der Waals surface area contributed by atoms with E-state index in [-0.39, 0.29) is 33.4 Å². The molecule has 2 heterocycles. The first kappa shape index (κ1) is 31.4. The van der Waals surface area contributed by atoms with Crippen LogP contribution in [0.5, 0.6) is 0 Å². The Morgan fingerprint density at radius 1 is 1.10 bits per heavy atom. The fourth-order valence-corrected chi connectivity index (χ4v) is 4.86. The molecule has 42 heavy (non-hydrogen) atoms. The van der Waals surface area contributed by atoms with Gasteiger partial charge in [0.1, 0.15) is 19.3 Å². The molecule has 2 aliphatic heterocycles. The second-order valence-electron chi connectivity index (χ2n) is 9.69. The van der Waals surface area contributed by atoms with E-state index in [1.165, 1.54) is 25.1 Å². The number of rotatable bonds is 4. The predicted octanol–water partition coefficient (Wildman–Crippen LogP) is 5.41. The van der Waals surface area contributed by atoms with Gasteiger partial charge >= 0.3 is 18.5 Å². The zero-order valence-corrected chi connectivity index (χ0v) is 21.9. The van der Waals surface area contributed by atoms with Crippen molar-refractivity contribution in [3.63, 3.8) is 0 Å². The molecule has 4 rings (SSSR count). The number of β-amino-alcohol motifs (C(OH)–C–C–N with tert-alkyl or cyclic N) is 1. The molecule has 1 N–H and O–H groups in total.